The Kier molecular flexibility index (Phi) is 7.77. The molecule has 0 aliphatic heterocycles. The largest absolute Gasteiger partial charge is 0.501 e. The van der Waals surface area contributed by atoms with Gasteiger partial charge in [0.15, 0.2) is 0 Å². The van der Waals surface area contributed by atoms with Crippen molar-refractivity contribution in [3.63, 3.8) is 0 Å². The number of anilines is 1. The van der Waals surface area contributed by atoms with Gasteiger partial charge in [0.25, 0.3) is 0 Å². The number of halogens is 1. The minimum atomic E-state index is 0.0509. The Balaban J connectivity index is 1.87. The van der Waals surface area contributed by atoms with Crippen molar-refractivity contribution in [2.24, 2.45) is 0 Å². The van der Waals surface area contributed by atoms with E-state index in [2.05, 4.69) is 5.32 Å². The maximum absolute atomic E-state index is 7.87. The predicted molar refractivity (Wildman–Crippen MR) is 109 cm³/mol. The van der Waals surface area contributed by atoms with Crippen molar-refractivity contribution < 1.29 is 14.2 Å². The molecular formula is C21H23ClN2O3. The molecule has 0 radical (unpaired) electrons. The molecule has 0 amide bonds. The lowest BCUT2D eigenvalue weighted by atomic mass is 10.1. The van der Waals surface area contributed by atoms with E-state index in [9.17, 15) is 0 Å². The van der Waals surface area contributed by atoms with Crippen LogP contribution in [0.15, 0.2) is 66.8 Å². The van der Waals surface area contributed by atoms with E-state index in [0.717, 1.165) is 22.6 Å². The number of methoxy groups -OCH3 is 1. The normalized spacial score (nSPS) is 11.3. The van der Waals surface area contributed by atoms with Gasteiger partial charge in [-0.25, -0.2) is 0 Å². The fraction of sp³-hybridized carbons (Fsp3) is 0.190. The average Bonchev–Trinajstić information content (AvgIpc) is 2.64. The Hall–Kier alpha value is -2.92. The highest BCUT2D eigenvalue weighted by Gasteiger charge is 2.04. The second-order valence-electron chi connectivity index (χ2n) is 5.80. The summed E-state index contributed by atoms with van der Waals surface area (Å²) in [6.45, 7) is 4.06. The Morgan fingerprint density at radius 2 is 1.93 bits per heavy atom. The molecule has 27 heavy (non-hydrogen) atoms. The molecule has 0 atom stereocenters. The Labute approximate surface area is 164 Å². The fourth-order valence-corrected chi connectivity index (χ4v) is 2.30. The Bertz CT molecular complexity index is 830. The summed E-state index contributed by atoms with van der Waals surface area (Å²) in [5.41, 5.74) is 2.79. The fourth-order valence-electron chi connectivity index (χ4n) is 2.18. The van der Waals surface area contributed by atoms with Crippen molar-refractivity contribution in [2.75, 3.05) is 12.4 Å². The molecule has 0 unspecified atom stereocenters. The zero-order valence-electron chi connectivity index (χ0n) is 15.6. The molecule has 2 aromatic carbocycles. The molecule has 2 N–H and O–H groups in total. The van der Waals surface area contributed by atoms with Crippen molar-refractivity contribution in [1.29, 1.82) is 5.41 Å². The second-order valence-corrected chi connectivity index (χ2v) is 6.24. The van der Waals surface area contributed by atoms with Crippen LogP contribution in [0.2, 0.25) is 5.02 Å². The number of nitrogens with one attached hydrogen (secondary N) is 2. The summed E-state index contributed by atoms with van der Waals surface area (Å²) in [7, 11) is 1.57. The molecule has 142 valence electrons. The van der Waals surface area contributed by atoms with Crippen molar-refractivity contribution in [1.82, 2.24) is 0 Å². The summed E-state index contributed by atoms with van der Waals surface area (Å²) >= 11 is 5.84. The average molecular weight is 387 g/mol. The van der Waals surface area contributed by atoms with E-state index in [1.165, 1.54) is 6.26 Å². The zero-order chi connectivity index (χ0) is 19.6. The molecule has 0 heterocycles. The van der Waals surface area contributed by atoms with E-state index in [0.29, 0.717) is 10.8 Å². The number of hydrogen-bond donors (Lipinski definition) is 2. The number of rotatable bonds is 8. The van der Waals surface area contributed by atoms with Gasteiger partial charge in [-0.1, -0.05) is 23.7 Å². The van der Waals surface area contributed by atoms with Gasteiger partial charge in [0.2, 0.25) is 5.90 Å². The van der Waals surface area contributed by atoms with Crippen molar-refractivity contribution >= 4 is 23.2 Å². The lowest BCUT2D eigenvalue weighted by Gasteiger charge is -2.11. The molecule has 0 aliphatic rings. The Morgan fingerprint density at radius 1 is 1.19 bits per heavy atom. The van der Waals surface area contributed by atoms with Gasteiger partial charge in [0.05, 0.1) is 7.11 Å². The van der Waals surface area contributed by atoms with Crippen LogP contribution in [0.3, 0.4) is 0 Å². The quantitative estimate of drug-likeness (QED) is 0.349. The van der Waals surface area contributed by atoms with Crippen LogP contribution in [0, 0.1) is 12.3 Å². The molecular weight excluding hydrogens is 364 g/mol. The smallest absolute Gasteiger partial charge is 0.207 e. The van der Waals surface area contributed by atoms with E-state index >= 15 is 0 Å². The lowest BCUT2D eigenvalue weighted by Crippen LogP contribution is -2.02. The number of allylic oxidation sites excluding steroid dienone is 1. The molecule has 0 saturated carbocycles. The van der Waals surface area contributed by atoms with Gasteiger partial charge < -0.3 is 19.5 Å². The van der Waals surface area contributed by atoms with E-state index in [1.54, 1.807) is 31.5 Å². The van der Waals surface area contributed by atoms with Gasteiger partial charge in [-0.05, 0) is 55.3 Å². The Morgan fingerprint density at radius 3 is 2.63 bits per heavy atom. The molecule has 0 aliphatic carbocycles. The van der Waals surface area contributed by atoms with Crippen LogP contribution in [-0.2, 0) is 16.1 Å². The molecule has 0 spiro atoms. The first-order chi connectivity index (χ1) is 13.0. The van der Waals surface area contributed by atoms with Gasteiger partial charge >= 0.3 is 0 Å². The van der Waals surface area contributed by atoms with Crippen LogP contribution in [0.1, 0.15) is 18.1 Å². The van der Waals surface area contributed by atoms with Gasteiger partial charge in [0.1, 0.15) is 24.4 Å². The van der Waals surface area contributed by atoms with Gasteiger partial charge in [-0.3, -0.25) is 5.41 Å². The second kappa shape index (κ2) is 10.3. The van der Waals surface area contributed by atoms with Crippen LogP contribution in [-0.4, -0.2) is 13.0 Å². The summed E-state index contributed by atoms with van der Waals surface area (Å²) in [6.07, 6.45) is 4.73. The molecule has 0 aromatic heterocycles. The minimum absolute atomic E-state index is 0.0509. The first-order valence-corrected chi connectivity index (χ1v) is 8.72. The van der Waals surface area contributed by atoms with E-state index < -0.39 is 0 Å². The van der Waals surface area contributed by atoms with Gasteiger partial charge in [0, 0.05) is 23.0 Å². The first-order valence-electron chi connectivity index (χ1n) is 8.35. The standard InChI is InChI=1S/C21H23ClN2O3/c1-15-4-5-17(12-20(15)27-16(2)13-25-3)14-26-21(23)10-11-24-19-8-6-18(22)7-9-19/h4-13,23-24H,14H2,1-3H3/b11-10-,16-13+,23-21?. The highest BCUT2D eigenvalue weighted by molar-refractivity contribution is 6.30. The summed E-state index contributed by atoms with van der Waals surface area (Å²) in [4.78, 5) is 0. The monoisotopic (exact) mass is 386 g/mol. The number of benzene rings is 2. The molecule has 0 bridgehead atoms. The molecule has 6 heteroatoms. The SMILES string of the molecule is CO/C=C(\C)Oc1cc(COC(=N)/C=C\Nc2ccc(Cl)cc2)ccc1C. The maximum Gasteiger partial charge on any atom is 0.207 e. The number of ether oxygens (including phenoxy) is 3. The highest BCUT2D eigenvalue weighted by atomic mass is 35.5. The van der Waals surface area contributed by atoms with Crippen LogP contribution in [0.25, 0.3) is 0 Å². The summed E-state index contributed by atoms with van der Waals surface area (Å²) in [5.74, 6) is 1.44. The summed E-state index contributed by atoms with van der Waals surface area (Å²) in [5, 5.41) is 11.6. The van der Waals surface area contributed by atoms with Gasteiger partial charge in [-0.15, -0.1) is 0 Å². The summed E-state index contributed by atoms with van der Waals surface area (Å²) < 4.78 is 16.2. The highest BCUT2D eigenvalue weighted by Crippen LogP contribution is 2.22. The molecule has 2 aromatic rings. The molecule has 0 fully saturated rings. The van der Waals surface area contributed by atoms with Crippen LogP contribution in [0.4, 0.5) is 5.69 Å². The number of hydrogen-bond acceptors (Lipinski definition) is 5. The van der Waals surface area contributed by atoms with Crippen LogP contribution < -0.4 is 10.1 Å². The van der Waals surface area contributed by atoms with Crippen LogP contribution >= 0.6 is 11.6 Å². The van der Waals surface area contributed by atoms with Crippen molar-refractivity contribution in [2.45, 2.75) is 20.5 Å². The summed E-state index contributed by atoms with van der Waals surface area (Å²) in [6, 6.07) is 13.1. The van der Waals surface area contributed by atoms with E-state index in [1.807, 2.05) is 44.2 Å². The van der Waals surface area contributed by atoms with Crippen molar-refractivity contribution in [3.05, 3.63) is 82.9 Å². The molecule has 2 rings (SSSR count). The topological polar surface area (TPSA) is 63.6 Å². The van der Waals surface area contributed by atoms with Gasteiger partial charge in [-0.2, -0.15) is 0 Å². The third-order valence-corrected chi connectivity index (χ3v) is 3.78. The first kappa shape index (κ1) is 20.4. The van der Waals surface area contributed by atoms with Crippen LogP contribution in [0.5, 0.6) is 5.75 Å². The molecule has 0 saturated heterocycles. The number of aryl methyl sites for hydroxylation is 1. The van der Waals surface area contributed by atoms with E-state index in [4.69, 9.17) is 31.2 Å². The van der Waals surface area contributed by atoms with E-state index in [-0.39, 0.29) is 12.5 Å². The molecule has 5 nitrogen and oxygen atoms in total. The third kappa shape index (κ3) is 7.07. The van der Waals surface area contributed by atoms with Crippen molar-refractivity contribution in [3.8, 4) is 5.75 Å². The third-order valence-electron chi connectivity index (χ3n) is 3.53. The zero-order valence-corrected chi connectivity index (χ0v) is 16.3. The predicted octanol–water partition coefficient (Wildman–Crippen LogP) is 5.65. The lowest BCUT2D eigenvalue weighted by molar-refractivity contribution is 0.290. The maximum atomic E-state index is 7.87. The minimum Gasteiger partial charge on any atom is -0.501 e.